The van der Waals surface area contributed by atoms with Crippen LogP contribution in [0.4, 0.5) is 5.69 Å². The first-order valence-electron chi connectivity index (χ1n) is 7.20. The van der Waals surface area contributed by atoms with Gasteiger partial charge < -0.3 is 4.74 Å². The summed E-state index contributed by atoms with van der Waals surface area (Å²) in [7, 11) is 1.62. The van der Waals surface area contributed by atoms with E-state index >= 15 is 0 Å². The van der Waals surface area contributed by atoms with Gasteiger partial charge in [0.25, 0.3) is 5.91 Å². The van der Waals surface area contributed by atoms with Gasteiger partial charge in [0.15, 0.2) is 0 Å². The Labute approximate surface area is 157 Å². The molecule has 4 nitrogen and oxygen atoms in total. The normalized spacial score (nSPS) is 15.8. The molecule has 1 aliphatic heterocycles. The minimum atomic E-state index is -0.137. The Morgan fingerprint density at radius 2 is 1.83 bits per heavy atom. The van der Waals surface area contributed by atoms with Crippen LogP contribution in [0, 0.1) is 0 Å². The summed E-state index contributed by atoms with van der Waals surface area (Å²) in [5, 5.41) is 5.81. The van der Waals surface area contributed by atoms with E-state index in [0.29, 0.717) is 11.3 Å². The fourth-order valence-electron chi connectivity index (χ4n) is 2.38. The number of ether oxygens (including phenoxy) is 1. The highest BCUT2D eigenvalue weighted by atomic mass is 79.9. The number of hydrazone groups is 1. The molecule has 2 aromatic rings. The average Bonchev–Trinajstić information content (AvgIpc) is 2.84. The zero-order valence-electron chi connectivity index (χ0n) is 13.1. The zero-order chi connectivity index (χ0) is 17.3. The number of rotatable bonds is 3. The van der Waals surface area contributed by atoms with E-state index in [0.717, 1.165) is 25.9 Å². The van der Waals surface area contributed by atoms with Crippen molar-refractivity contribution in [3.05, 3.63) is 62.5 Å². The molecule has 0 saturated carbocycles. The summed E-state index contributed by atoms with van der Waals surface area (Å²) >= 11 is 6.85. The van der Waals surface area contributed by atoms with Gasteiger partial charge >= 0.3 is 0 Å². The van der Waals surface area contributed by atoms with Crippen LogP contribution < -0.4 is 9.75 Å². The van der Waals surface area contributed by atoms with Crippen LogP contribution in [0.3, 0.4) is 0 Å². The third-order valence-electron chi connectivity index (χ3n) is 3.62. The largest absolute Gasteiger partial charge is 0.496 e. The Morgan fingerprint density at radius 3 is 2.46 bits per heavy atom. The van der Waals surface area contributed by atoms with Gasteiger partial charge in [0, 0.05) is 4.47 Å². The van der Waals surface area contributed by atoms with Gasteiger partial charge in [0.05, 0.1) is 28.6 Å². The maximum Gasteiger partial charge on any atom is 0.280 e. The fourth-order valence-corrected chi connectivity index (χ4v) is 3.20. The van der Waals surface area contributed by atoms with Crippen molar-refractivity contribution in [1.29, 1.82) is 0 Å². The van der Waals surface area contributed by atoms with E-state index in [1.54, 1.807) is 7.11 Å². The van der Waals surface area contributed by atoms with Crippen LogP contribution in [0.1, 0.15) is 12.5 Å². The van der Waals surface area contributed by atoms with Gasteiger partial charge in [-0.2, -0.15) is 10.1 Å². The molecular formula is C18H14Br2N2O2. The van der Waals surface area contributed by atoms with Gasteiger partial charge in [0.1, 0.15) is 5.75 Å². The second kappa shape index (κ2) is 6.91. The smallest absolute Gasteiger partial charge is 0.280 e. The van der Waals surface area contributed by atoms with Crippen LogP contribution in [0.15, 0.2) is 62.1 Å². The van der Waals surface area contributed by atoms with Crippen LogP contribution in [-0.2, 0) is 4.79 Å². The molecule has 6 heteroatoms. The molecule has 3 rings (SSSR count). The average molecular weight is 450 g/mol. The third kappa shape index (κ3) is 3.30. The highest BCUT2D eigenvalue weighted by Crippen LogP contribution is 2.29. The Balaban J connectivity index is 1.92. The number of amides is 1. The quantitative estimate of drug-likeness (QED) is 0.617. The second-order valence-corrected chi connectivity index (χ2v) is 7.00. The lowest BCUT2D eigenvalue weighted by molar-refractivity contribution is -0.114. The highest BCUT2D eigenvalue weighted by Gasteiger charge is 2.28. The second-order valence-electron chi connectivity index (χ2n) is 5.23. The lowest BCUT2D eigenvalue weighted by atomic mass is 10.1. The molecule has 1 amide bonds. The summed E-state index contributed by atoms with van der Waals surface area (Å²) in [6, 6.07) is 13.1. The third-order valence-corrected chi connectivity index (χ3v) is 4.77. The van der Waals surface area contributed by atoms with Crippen molar-refractivity contribution in [2.24, 2.45) is 5.10 Å². The molecule has 24 heavy (non-hydrogen) atoms. The molecule has 1 aliphatic rings. The lowest BCUT2D eigenvalue weighted by Crippen LogP contribution is -2.21. The molecule has 0 radical (unpaired) electrons. The topological polar surface area (TPSA) is 41.9 Å². The minimum absolute atomic E-state index is 0.137. The molecule has 2 aromatic carbocycles. The monoisotopic (exact) mass is 448 g/mol. The predicted octanol–water partition coefficient (Wildman–Crippen LogP) is 5.03. The van der Waals surface area contributed by atoms with Gasteiger partial charge in [0.2, 0.25) is 0 Å². The van der Waals surface area contributed by atoms with Crippen molar-refractivity contribution in [3.63, 3.8) is 0 Å². The van der Waals surface area contributed by atoms with Crippen molar-refractivity contribution in [3.8, 4) is 5.75 Å². The number of carbonyl (C=O) groups is 1. The molecule has 0 fully saturated rings. The van der Waals surface area contributed by atoms with E-state index in [1.165, 1.54) is 5.01 Å². The molecule has 0 N–H and O–H groups in total. The number of methoxy groups -OCH3 is 1. The van der Waals surface area contributed by atoms with Gasteiger partial charge in [-0.3, -0.25) is 4.79 Å². The first-order chi connectivity index (χ1) is 11.5. The van der Waals surface area contributed by atoms with Crippen molar-refractivity contribution in [2.75, 3.05) is 12.1 Å². The Hall–Kier alpha value is -1.92. The van der Waals surface area contributed by atoms with E-state index < -0.39 is 0 Å². The first-order valence-corrected chi connectivity index (χ1v) is 8.79. The van der Waals surface area contributed by atoms with Gasteiger partial charge in [-0.05, 0) is 70.9 Å². The molecule has 0 atom stereocenters. The fraction of sp³-hybridized carbons (Fsp3) is 0.111. The van der Waals surface area contributed by atoms with Gasteiger partial charge in [-0.1, -0.05) is 22.0 Å². The van der Waals surface area contributed by atoms with Crippen molar-refractivity contribution in [2.45, 2.75) is 6.92 Å². The molecule has 0 bridgehead atoms. The molecule has 0 spiro atoms. The molecule has 1 heterocycles. The Morgan fingerprint density at radius 1 is 1.12 bits per heavy atom. The van der Waals surface area contributed by atoms with E-state index in [4.69, 9.17) is 4.74 Å². The molecule has 0 aromatic heterocycles. The van der Waals surface area contributed by atoms with Crippen LogP contribution in [-0.4, -0.2) is 18.7 Å². The molecule has 122 valence electrons. The summed E-state index contributed by atoms with van der Waals surface area (Å²) in [4.78, 5) is 12.7. The number of nitrogens with zero attached hydrogens (tertiary/aromatic N) is 2. The summed E-state index contributed by atoms with van der Waals surface area (Å²) in [6.45, 7) is 1.83. The molecule has 0 saturated heterocycles. The van der Waals surface area contributed by atoms with Gasteiger partial charge in [-0.25, -0.2) is 0 Å². The Bertz CT molecular complexity index is 858. The van der Waals surface area contributed by atoms with Crippen LogP contribution >= 0.6 is 31.9 Å². The van der Waals surface area contributed by atoms with E-state index in [2.05, 4.69) is 37.0 Å². The van der Waals surface area contributed by atoms with E-state index in [1.807, 2.05) is 55.5 Å². The van der Waals surface area contributed by atoms with Gasteiger partial charge in [-0.15, -0.1) is 0 Å². The number of hydrogen-bond donors (Lipinski definition) is 0. The maximum absolute atomic E-state index is 12.7. The molecule has 0 unspecified atom stereocenters. The van der Waals surface area contributed by atoms with Crippen LogP contribution in [0.25, 0.3) is 6.08 Å². The first kappa shape index (κ1) is 16.9. The van der Waals surface area contributed by atoms with Crippen molar-refractivity contribution in [1.82, 2.24) is 0 Å². The van der Waals surface area contributed by atoms with Crippen LogP contribution in [0.5, 0.6) is 5.75 Å². The van der Waals surface area contributed by atoms with Crippen LogP contribution in [0.2, 0.25) is 0 Å². The summed E-state index contributed by atoms with van der Waals surface area (Å²) in [5.74, 6) is 0.610. The SMILES string of the molecule is COc1ccc(C=C2C(=O)N(c3ccc(Br)cc3)N=C2C)cc1Br. The number of benzene rings is 2. The molecular weight excluding hydrogens is 436 g/mol. The van der Waals surface area contributed by atoms with Crippen molar-refractivity contribution < 1.29 is 9.53 Å². The summed E-state index contributed by atoms with van der Waals surface area (Å²) < 4.78 is 7.02. The number of halogens is 2. The van der Waals surface area contributed by atoms with Crippen molar-refractivity contribution >= 4 is 55.2 Å². The summed E-state index contributed by atoms with van der Waals surface area (Å²) in [6.07, 6.45) is 1.84. The number of hydrogen-bond acceptors (Lipinski definition) is 3. The molecule has 0 aliphatic carbocycles. The minimum Gasteiger partial charge on any atom is -0.496 e. The van der Waals surface area contributed by atoms with E-state index in [9.17, 15) is 4.79 Å². The Kier molecular flexibility index (Phi) is 4.87. The number of carbonyl (C=O) groups excluding carboxylic acids is 1. The lowest BCUT2D eigenvalue weighted by Gasteiger charge is -2.11. The maximum atomic E-state index is 12.7. The number of anilines is 1. The summed E-state index contributed by atoms with van der Waals surface area (Å²) in [5.41, 5.74) is 2.91. The zero-order valence-corrected chi connectivity index (χ0v) is 16.3. The van der Waals surface area contributed by atoms with E-state index in [-0.39, 0.29) is 5.91 Å². The predicted molar refractivity (Wildman–Crippen MR) is 103 cm³/mol. The highest BCUT2D eigenvalue weighted by molar-refractivity contribution is 9.10. The standard InChI is InChI=1S/C18H14Br2N2O2/c1-11-15(9-12-3-8-17(24-2)16(20)10-12)18(23)22(21-11)14-6-4-13(19)5-7-14/h3-10H,1-2H3.